The molecule has 0 spiro atoms. The van der Waals surface area contributed by atoms with Crippen LogP contribution in [0.5, 0.6) is 0 Å². The Hall–Kier alpha value is -1.84. The fraction of sp³-hybridized carbons (Fsp3) is 0.400. The van der Waals surface area contributed by atoms with Crippen molar-refractivity contribution in [3.8, 4) is 11.3 Å². The van der Waals surface area contributed by atoms with Gasteiger partial charge in [0.05, 0.1) is 0 Å². The molecule has 2 rings (SSSR count). The first-order chi connectivity index (χ1) is 8.95. The molecule has 0 fully saturated rings. The molecule has 0 bridgehead atoms. The van der Waals surface area contributed by atoms with Crippen LogP contribution in [0.1, 0.15) is 38.1 Å². The van der Waals surface area contributed by atoms with E-state index in [-0.39, 0.29) is 11.7 Å². The predicted molar refractivity (Wildman–Crippen MR) is 76.5 cm³/mol. The van der Waals surface area contributed by atoms with Crippen molar-refractivity contribution in [1.29, 1.82) is 0 Å². The summed E-state index contributed by atoms with van der Waals surface area (Å²) in [5.41, 5.74) is 8.16. The molecule has 3 nitrogen and oxygen atoms in total. The van der Waals surface area contributed by atoms with Crippen molar-refractivity contribution in [2.75, 3.05) is 5.73 Å². The molecule has 2 N–H and O–H groups in total. The van der Waals surface area contributed by atoms with E-state index in [1.165, 1.54) is 6.07 Å². The third kappa shape index (κ3) is 2.35. The highest BCUT2D eigenvalue weighted by molar-refractivity contribution is 5.72. The zero-order chi connectivity index (χ0) is 14.2. The highest BCUT2D eigenvalue weighted by Crippen LogP contribution is 2.31. The van der Waals surface area contributed by atoms with Gasteiger partial charge in [-0.1, -0.05) is 25.5 Å². The Kier molecular flexibility index (Phi) is 3.60. The maximum Gasteiger partial charge on any atom is 0.132 e. The van der Waals surface area contributed by atoms with Crippen molar-refractivity contribution in [3.05, 3.63) is 35.4 Å². The molecular formula is C15H20FN3. The van der Waals surface area contributed by atoms with Gasteiger partial charge in [0.1, 0.15) is 23.2 Å². The molecule has 0 radical (unpaired) electrons. The SMILES string of the molecule is CCn1c(C(C)C)nc(-c2cc(C)ccc2F)c1N. The lowest BCUT2D eigenvalue weighted by Crippen LogP contribution is -2.06. The van der Waals surface area contributed by atoms with E-state index in [0.29, 0.717) is 17.1 Å². The molecule has 0 saturated carbocycles. The molecule has 0 aliphatic rings. The van der Waals surface area contributed by atoms with E-state index in [2.05, 4.69) is 18.8 Å². The molecule has 0 saturated heterocycles. The molecule has 0 aliphatic carbocycles. The van der Waals surface area contributed by atoms with Crippen LogP contribution >= 0.6 is 0 Å². The topological polar surface area (TPSA) is 43.8 Å². The van der Waals surface area contributed by atoms with Crippen molar-refractivity contribution in [3.63, 3.8) is 0 Å². The minimum atomic E-state index is -0.284. The molecule has 1 aromatic carbocycles. The quantitative estimate of drug-likeness (QED) is 0.915. The fourth-order valence-corrected chi connectivity index (χ4v) is 2.28. The summed E-state index contributed by atoms with van der Waals surface area (Å²) in [5, 5.41) is 0. The van der Waals surface area contributed by atoms with E-state index in [1.54, 1.807) is 12.1 Å². The molecule has 0 unspecified atom stereocenters. The highest BCUT2D eigenvalue weighted by atomic mass is 19.1. The number of imidazole rings is 1. The smallest absolute Gasteiger partial charge is 0.132 e. The average Bonchev–Trinajstić information content (AvgIpc) is 2.69. The molecule has 1 aromatic heterocycles. The maximum absolute atomic E-state index is 14.0. The molecule has 0 atom stereocenters. The third-order valence-corrected chi connectivity index (χ3v) is 3.25. The van der Waals surface area contributed by atoms with E-state index in [4.69, 9.17) is 5.73 Å². The van der Waals surface area contributed by atoms with Crippen LogP contribution in [0.25, 0.3) is 11.3 Å². The highest BCUT2D eigenvalue weighted by Gasteiger charge is 2.19. The predicted octanol–water partition coefficient (Wildman–Crippen LogP) is 3.72. The van der Waals surface area contributed by atoms with Crippen LogP contribution in [0.3, 0.4) is 0 Å². The van der Waals surface area contributed by atoms with Crippen LogP contribution in [0.2, 0.25) is 0 Å². The molecule has 4 heteroatoms. The number of anilines is 1. The summed E-state index contributed by atoms with van der Waals surface area (Å²) in [6.07, 6.45) is 0. The largest absolute Gasteiger partial charge is 0.383 e. The lowest BCUT2D eigenvalue weighted by molar-refractivity contribution is 0.630. The van der Waals surface area contributed by atoms with Crippen LogP contribution in [-0.4, -0.2) is 9.55 Å². The van der Waals surface area contributed by atoms with Gasteiger partial charge < -0.3 is 10.3 Å². The Morgan fingerprint density at radius 3 is 2.58 bits per heavy atom. The van der Waals surface area contributed by atoms with E-state index in [0.717, 1.165) is 17.9 Å². The minimum Gasteiger partial charge on any atom is -0.383 e. The molecule has 102 valence electrons. The summed E-state index contributed by atoms with van der Waals surface area (Å²) < 4.78 is 15.9. The zero-order valence-electron chi connectivity index (χ0n) is 11.9. The Morgan fingerprint density at radius 2 is 2.05 bits per heavy atom. The molecule has 0 aliphatic heterocycles. The van der Waals surface area contributed by atoms with Gasteiger partial charge in [-0.25, -0.2) is 9.37 Å². The van der Waals surface area contributed by atoms with Gasteiger partial charge in [0.2, 0.25) is 0 Å². The zero-order valence-corrected chi connectivity index (χ0v) is 11.9. The summed E-state index contributed by atoms with van der Waals surface area (Å²) in [7, 11) is 0. The number of nitrogen functional groups attached to an aromatic ring is 1. The number of aryl methyl sites for hydroxylation is 1. The summed E-state index contributed by atoms with van der Waals surface area (Å²) in [5.74, 6) is 1.41. The number of nitrogens with zero attached hydrogens (tertiary/aromatic N) is 2. The number of halogens is 1. The minimum absolute atomic E-state index is 0.254. The first-order valence-corrected chi connectivity index (χ1v) is 6.58. The monoisotopic (exact) mass is 261 g/mol. The van der Waals surface area contributed by atoms with Crippen molar-refractivity contribution in [2.45, 2.75) is 40.2 Å². The van der Waals surface area contributed by atoms with Gasteiger partial charge in [-0.15, -0.1) is 0 Å². The van der Waals surface area contributed by atoms with Crippen LogP contribution in [0, 0.1) is 12.7 Å². The van der Waals surface area contributed by atoms with Crippen molar-refractivity contribution >= 4 is 5.82 Å². The molecule has 1 heterocycles. The second-order valence-corrected chi connectivity index (χ2v) is 5.09. The number of nitrogens with two attached hydrogens (primary N) is 1. The van der Waals surface area contributed by atoms with Crippen molar-refractivity contribution in [1.82, 2.24) is 9.55 Å². The van der Waals surface area contributed by atoms with Crippen LogP contribution in [0.4, 0.5) is 10.2 Å². The Balaban J connectivity index is 2.66. The lowest BCUT2D eigenvalue weighted by atomic mass is 10.1. The summed E-state index contributed by atoms with van der Waals surface area (Å²) in [6, 6.07) is 5.00. The van der Waals surface area contributed by atoms with Gasteiger partial charge >= 0.3 is 0 Å². The van der Waals surface area contributed by atoms with Gasteiger partial charge in [-0.3, -0.25) is 0 Å². The maximum atomic E-state index is 14.0. The van der Waals surface area contributed by atoms with Gasteiger partial charge in [-0.05, 0) is 26.0 Å². The molecule has 0 amide bonds. The van der Waals surface area contributed by atoms with Crippen molar-refractivity contribution in [2.24, 2.45) is 0 Å². The van der Waals surface area contributed by atoms with Gasteiger partial charge in [-0.2, -0.15) is 0 Å². The first kappa shape index (κ1) is 13.6. The number of hydrogen-bond acceptors (Lipinski definition) is 2. The van der Waals surface area contributed by atoms with Gasteiger partial charge in [0, 0.05) is 18.0 Å². The van der Waals surface area contributed by atoms with Crippen LogP contribution in [0.15, 0.2) is 18.2 Å². The number of hydrogen-bond donors (Lipinski definition) is 1. The molecular weight excluding hydrogens is 241 g/mol. The second-order valence-electron chi connectivity index (χ2n) is 5.09. The van der Waals surface area contributed by atoms with E-state index in [1.807, 2.05) is 18.4 Å². The first-order valence-electron chi connectivity index (χ1n) is 6.58. The standard InChI is InChI=1S/C15H20FN3/c1-5-19-14(17)13(18-15(19)9(2)3)11-8-10(4)6-7-12(11)16/h6-9H,5,17H2,1-4H3. The number of rotatable bonds is 3. The van der Waals surface area contributed by atoms with E-state index in [9.17, 15) is 4.39 Å². The lowest BCUT2D eigenvalue weighted by Gasteiger charge is -2.08. The normalized spacial score (nSPS) is 11.3. The Labute approximate surface area is 113 Å². The Bertz CT molecular complexity index is 600. The summed E-state index contributed by atoms with van der Waals surface area (Å²) >= 11 is 0. The number of aromatic nitrogens is 2. The fourth-order valence-electron chi connectivity index (χ4n) is 2.28. The third-order valence-electron chi connectivity index (χ3n) is 3.25. The molecule has 2 aromatic rings. The van der Waals surface area contributed by atoms with E-state index >= 15 is 0 Å². The Morgan fingerprint density at radius 1 is 1.37 bits per heavy atom. The van der Waals surface area contributed by atoms with E-state index < -0.39 is 0 Å². The molecule has 19 heavy (non-hydrogen) atoms. The van der Waals surface area contributed by atoms with Crippen LogP contribution < -0.4 is 5.73 Å². The van der Waals surface area contributed by atoms with Gasteiger partial charge in [0.25, 0.3) is 0 Å². The summed E-state index contributed by atoms with van der Waals surface area (Å²) in [6.45, 7) is 8.80. The van der Waals surface area contributed by atoms with Gasteiger partial charge in [0.15, 0.2) is 0 Å². The number of benzene rings is 1. The summed E-state index contributed by atoms with van der Waals surface area (Å²) in [4.78, 5) is 4.55. The van der Waals surface area contributed by atoms with Crippen molar-refractivity contribution < 1.29 is 4.39 Å². The van der Waals surface area contributed by atoms with Crippen LogP contribution in [-0.2, 0) is 6.54 Å². The second kappa shape index (κ2) is 5.03. The average molecular weight is 261 g/mol.